The molecule has 1 aromatic carbocycles. The van der Waals surface area contributed by atoms with Crippen molar-refractivity contribution in [1.29, 1.82) is 0 Å². The van der Waals surface area contributed by atoms with Gasteiger partial charge in [0, 0.05) is 12.2 Å². The van der Waals surface area contributed by atoms with E-state index in [0.29, 0.717) is 12.5 Å². The van der Waals surface area contributed by atoms with Crippen molar-refractivity contribution in [3.63, 3.8) is 0 Å². The first kappa shape index (κ1) is 15.0. The molecular formula is C16H25N3O. The van der Waals surface area contributed by atoms with Crippen LogP contribution in [0.15, 0.2) is 24.3 Å². The summed E-state index contributed by atoms with van der Waals surface area (Å²) in [5.41, 5.74) is 2.01. The van der Waals surface area contributed by atoms with E-state index in [1.807, 2.05) is 38.2 Å². The zero-order valence-corrected chi connectivity index (χ0v) is 12.5. The fourth-order valence-electron chi connectivity index (χ4n) is 2.72. The first-order valence-corrected chi connectivity index (χ1v) is 7.40. The monoisotopic (exact) mass is 275 g/mol. The van der Waals surface area contributed by atoms with Crippen LogP contribution in [0.4, 0.5) is 5.69 Å². The molecule has 0 unspecified atom stereocenters. The van der Waals surface area contributed by atoms with Gasteiger partial charge in [-0.05, 0) is 57.5 Å². The molecular weight excluding hydrogens is 250 g/mol. The molecule has 0 radical (unpaired) electrons. The molecule has 1 aliphatic rings. The highest BCUT2D eigenvalue weighted by Gasteiger charge is 2.16. The molecule has 0 saturated carbocycles. The second kappa shape index (κ2) is 7.41. The minimum absolute atomic E-state index is 0.0655. The first-order chi connectivity index (χ1) is 9.65. The lowest BCUT2D eigenvalue weighted by atomic mass is 9.98. The molecule has 4 heteroatoms. The summed E-state index contributed by atoms with van der Waals surface area (Å²) in [5.74, 6) is 0.781. The van der Waals surface area contributed by atoms with Gasteiger partial charge in [0.2, 0.25) is 5.91 Å². The Morgan fingerprint density at radius 3 is 2.75 bits per heavy atom. The van der Waals surface area contributed by atoms with E-state index in [2.05, 4.69) is 15.5 Å². The van der Waals surface area contributed by atoms with Crippen LogP contribution in [0.5, 0.6) is 0 Å². The summed E-state index contributed by atoms with van der Waals surface area (Å²) in [6, 6.07) is 7.88. The third-order valence-corrected chi connectivity index (χ3v) is 3.86. The van der Waals surface area contributed by atoms with Crippen LogP contribution in [0.2, 0.25) is 0 Å². The van der Waals surface area contributed by atoms with Gasteiger partial charge in [0.15, 0.2) is 0 Å². The molecule has 0 bridgehead atoms. The number of likely N-dealkylation sites (N-methyl/N-ethyl adjacent to an activating group) is 1. The smallest absolute Gasteiger partial charge is 0.238 e. The first-order valence-electron chi connectivity index (χ1n) is 7.40. The number of piperidine rings is 1. The number of para-hydroxylation sites is 1. The maximum Gasteiger partial charge on any atom is 0.238 e. The van der Waals surface area contributed by atoms with Crippen molar-refractivity contribution in [3.05, 3.63) is 29.8 Å². The topological polar surface area (TPSA) is 44.4 Å². The number of carbonyl (C=O) groups is 1. The summed E-state index contributed by atoms with van der Waals surface area (Å²) in [6.07, 6.45) is 2.42. The average Bonchev–Trinajstić information content (AvgIpc) is 2.42. The van der Waals surface area contributed by atoms with Gasteiger partial charge in [0.25, 0.3) is 0 Å². The molecule has 1 saturated heterocycles. The highest BCUT2D eigenvalue weighted by Crippen LogP contribution is 2.14. The summed E-state index contributed by atoms with van der Waals surface area (Å²) in [6.45, 7) is 5.68. The fraction of sp³-hybridized carbons (Fsp3) is 0.562. The zero-order chi connectivity index (χ0) is 14.4. The molecule has 0 aromatic heterocycles. The SMILES string of the molecule is Cc1ccccc1NC(=O)CN(C)CC1CCNCC1. The van der Waals surface area contributed by atoms with Crippen molar-refractivity contribution in [2.75, 3.05) is 38.5 Å². The Kier molecular flexibility index (Phi) is 5.56. The minimum atomic E-state index is 0.0655. The number of rotatable bonds is 5. The summed E-state index contributed by atoms with van der Waals surface area (Å²) in [7, 11) is 2.03. The second-order valence-electron chi connectivity index (χ2n) is 5.75. The van der Waals surface area contributed by atoms with Crippen molar-refractivity contribution in [2.45, 2.75) is 19.8 Å². The lowest BCUT2D eigenvalue weighted by molar-refractivity contribution is -0.117. The summed E-state index contributed by atoms with van der Waals surface area (Å²) < 4.78 is 0. The third kappa shape index (κ3) is 4.62. The Hall–Kier alpha value is -1.39. The van der Waals surface area contributed by atoms with Crippen LogP contribution < -0.4 is 10.6 Å². The number of hydrogen-bond donors (Lipinski definition) is 2. The van der Waals surface area contributed by atoms with Gasteiger partial charge in [-0.15, -0.1) is 0 Å². The van der Waals surface area contributed by atoms with Gasteiger partial charge in [0.05, 0.1) is 6.54 Å². The molecule has 1 heterocycles. The number of nitrogens with one attached hydrogen (secondary N) is 2. The van der Waals surface area contributed by atoms with Crippen molar-refractivity contribution in [3.8, 4) is 0 Å². The maximum atomic E-state index is 12.1. The van der Waals surface area contributed by atoms with Crippen LogP contribution in [0.3, 0.4) is 0 Å². The van der Waals surface area contributed by atoms with Crippen LogP contribution in [0, 0.1) is 12.8 Å². The van der Waals surface area contributed by atoms with Crippen LogP contribution in [0.1, 0.15) is 18.4 Å². The predicted molar refractivity (Wildman–Crippen MR) is 82.9 cm³/mol. The largest absolute Gasteiger partial charge is 0.325 e. The molecule has 2 rings (SSSR count). The molecule has 2 N–H and O–H groups in total. The van der Waals surface area contributed by atoms with Crippen molar-refractivity contribution < 1.29 is 4.79 Å². The lowest BCUT2D eigenvalue weighted by Gasteiger charge is -2.27. The highest BCUT2D eigenvalue weighted by molar-refractivity contribution is 5.92. The van der Waals surface area contributed by atoms with Gasteiger partial charge in [-0.1, -0.05) is 18.2 Å². The van der Waals surface area contributed by atoms with E-state index in [-0.39, 0.29) is 5.91 Å². The van der Waals surface area contributed by atoms with Crippen LogP contribution in [0.25, 0.3) is 0 Å². The fourth-order valence-corrected chi connectivity index (χ4v) is 2.72. The minimum Gasteiger partial charge on any atom is -0.325 e. The molecule has 0 spiro atoms. The van der Waals surface area contributed by atoms with Gasteiger partial charge >= 0.3 is 0 Å². The van der Waals surface area contributed by atoms with E-state index in [1.165, 1.54) is 12.8 Å². The summed E-state index contributed by atoms with van der Waals surface area (Å²) >= 11 is 0. The van der Waals surface area contributed by atoms with Gasteiger partial charge < -0.3 is 10.6 Å². The lowest BCUT2D eigenvalue weighted by Crippen LogP contribution is -2.37. The number of anilines is 1. The van der Waals surface area contributed by atoms with E-state index in [0.717, 1.165) is 30.9 Å². The van der Waals surface area contributed by atoms with Crippen LogP contribution in [-0.4, -0.2) is 44.0 Å². The maximum absolute atomic E-state index is 12.1. The predicted octanol–water partition coefficient (Wildman–Crippen LogP) is 1.86. The molecule has 0 aliphatic carbocycles. The van der Waals surface area contributed by atoms with Crippen LogP contribution in [-0.2, 0) is 4.79 Å². The normalized spacial score (nSPS) is 16.4. The summed E-state index contributed by atoms with van der Waals surface area (Å²) in [5, 5.41) is 6.36. The molecule has 20 heavy (non-hydrogen) atoms. The van der Waals surface area contributed by atoms with E-state index < -0.39 is 0 Å². The van der Waals surface area contributed by atoms with E-state index in [1.54, 1.807) is 0 Å². The quantitative estimate of drug-likeness (QED) is 0.862. The van der Waals surface area contributed by atoms with E-state index >= 15 is 0 Å². The number of aryl methyl sites for hydroxylation is 1. The Labute approximate surface area is 121 Å². The number of amides is 1. The standard InChI is InChI=1S/C16H25N3O/c1-13-5-3-4-6-15(13)18-16(20)12-19(2)11-14-7-9-17-10-8-14/h3-6,14,17H,7-12H2,1-2H3,(H,18,20). The number of nitrogens with zero attached hydrogens (tertiary/aromatic N) is 1. The van der Waals surface area contributed by atoms with Crippen molar-refractivity contribution in [1.82, 2.24) is 10.2 Å². The molecule has 1 aliphatic heterocycles. The van der Waals surface area contributed by atoms with Gasteiger partial charge in [0.1, 0.15) is 0 Å². The molecule has 1 fully saturated rings. The molecule has 1 amide bonds. The zero-order valence-electron chi connectivity index (χ0n) is 12.5. The highest BCUT2D eigenvalue weighted by atomic mass is 16.2. The Bertz CT molecular complexity index is 441. The average molecular weight is 275 g/mol. The molecule has 1 aromatic rings. The second-order valence-corrected chi connectivity index (χ2v) is 5.75. The van der Waals surface area contributed by atoms with Gasteiger partial charge in [-0.25, -0.2) is 0 Å². The Balaban J connectivity index is 1.77. The molecule has 4 nitrogen and oxygen atoms in total. The van der Waals surface area contributed by atoms with Crippen LogP contribution >= 0.6 is 0 Å². The number of hydrogen-bond acceptors (Lipinski definition) is 3. The number of benzene rings is 1. The van der Waals surface area contributed by atoms with Gasteiger partial charge in [-0.3, -0.25) is 9.69 Å². The van der Waals surface area contributed by atoms with Gasteiger partial charge in [-0.2, -0.15) is 0 Å². The number of carbonyl (C=O) groups excluding carboxylic acids is 1. The van der Waals surface area contributed by atoms with Crippen molar-refractivity contribution >= 4 is 11.6 Å². The summed E-state index contributed by atoms with van der Waals surface area (Å²) in [4.78, 5) is 14.2. The van der Waals surface area contributed by atoms with E-state index in [9.17, 15) is 4.79 Å². The third-order valence-electron chi connectivity index (χ3n) is 3.86. The van der Waals surface area contributed by atoms with Crippen molar-refractivity contribution in [2.24, 2.45) is 5.92 Å². The van der Waals surface area contributed by atoms with E-state index in [4.69, 9.17) is 0 Å². The molecule has 0 atom stereocenters. The Morgan fingerprint density at radius 2 is 2.05 bits per heavy atom. The molecule has 110 valence electrons. The Morgan fingerprint density at radius 1 is 1.35 bits per heavy atom.